The van der Waals surface area contributed by atoms with Gasteiger partial charge in [-0.1, -0.05) is 439 Å². The maximum absolute atomic E-state index is 7.31. The van der Waals surface area contributed by atoms with Crippen LogP contribution in [-0.4, -0.2) is 52.9 Å². The molecule has 0 amide bonds. The van der Waals surface area contributed by atoms with Crippen molar-refractivity contribution < 1.29 is 46.7 Å². The molecule has 5 aromatic carbocycles. The van der Waals surface area contributed by atoms with Crippen LogP contribution in [0.5, 0.6) is 46.0 Å². The lowest BCUT2D eigenvalue weighted by Crippen LogP contribution is -2.03. The van der Waals surface area contributed by atoms with Crippen LogP contribution < -0.4 is 37.9 Å². The highest BCUT2D eigenvalue weighted by Gasteiger charge is 2.28. The fourth-order valence-electron chi connectivity index (χ4n) is 17.7. The number of benzene rings is 5. The molecule has 7 rings (SSSR count). The van der Waals surface area contributed by atoms with Crippen LogP contribution in [0.2, 0.25) is 0 Å². The van der Waals surface area contributed by atoms with Gasteiger partial charge in [0.05, 0.1) is 99.4 Å². The minimum atomic E-state index is 0.625. The molecule has 2 aromatic heterocycles. The minimum absolute atomic E-state index is 0.625. The van der Waals surface area contributed by atoms with Crippen LogP contribution in [0, 0.1) is 0 Å². The van der Waals surface area contributed by atoms with Crippen LogP contribution in [0.3, 0.4) is 0 Å². The van der Waals surface area contributed by atoms with Gasteiger partial charge in [-0.15, -0.1) is 0 Å². The molecule has 130 heavy (non-hydrogen) atoms. The lowest BCUT2D eigenvalue weighted by atomic mass is 9.97. The number of hydrogen-bond acceptors (Lipinski definition) is 8. The molecule has 0 aliphatic heterocycles. The lowest BCUT2D eigenvalue weighted by Gasteiger charge is -2.14. The highest BCUT2D eigenvalue weighted by atomic mass is 16.5. The molecule has 0 unspecified atom stereocenters. The SMILES string of the molecule is CCCCCCCCCCOc1ccc(-c2cc(-c3ccc(-c4cc(-c5ccc(OCCCCCCCCCC)c(OCCCCCCCCCC)c5)[o+]c(-c5ccc(OCCCCCCCCCC)c(OCCCCCCCCCC)c5)c4)cc3)cc(-c3ccc(OCCCCCCCCCC)c(OCCCCCCCCCC)c3)[o+]2)cc1OCCCCCCCCCC. The largest absolute Gasteiger partial charge is 0.490 e. The zero-order valence-electron chi connectivity index (χ0n) is 84.5. The standard InChI is InChI=1S/C120H188O10/c1-9-17-25-33-41-49-57-65-85-121-109-81-77-103(93-117(109)125-89-69-61-53-45-37-29-21-13-5)113-97-107(98-114(129-113)104-78-82-110(122-86-66-58-50-42-34-26-18-10-2)118(94-104)126-90-70-62-54-46-38-30-22-14-6)101-73-75-102(76-74-101)108-99-115(105-79-83-111(123-87-67-59-51-43-35-27-19-11-3)119(95-105)127-91-71-63-55-47-39-31-23-15-7)130-116(100-108)106-80-84-112(124-88-68-60-52-44-36-28-20-12-4)120(96-106)128-92-72-64-56-48-40-32-24-16-8/h73-84,93-100H,9-72,85-92H2,1-8H3/q+2. The van der Waals surface area contributed by atoms with Crippen molar-refractivity contribution in [3.05, 3.63) is 121 Å². The Morgan fingerprint density at radius 1 is 0.131 bits per heavy atom. The van der Waals surface area contributed by atoms with Gasteiger partial charge >= 0.3 is 23.0 Å². The fourth-order valence-corrected chi connectivity index (χ4v) is 17.7. The zero-order chi connectivity index (χ0) is 91.7. The van der Waals surface area contributed by atoms with Gasteiger partial charge in [-0.05, 0) is 111 Å². The number of ether oxygens (including phenoxy) is 8. The maximum atomic E-state index is 7.31. The molecule has 0 aliphatic carbocycles. The van der Waals surface area contributed by atoms with E-state index in [1.807, 2.05) is 0 Å². The fraction of sp³-hybridized carbons (Fsp3) is 0.667. The van der Waals surface area contributed by atoms with Crippen LogP contribution >= 0.6 is 0 Å². The predicted molar refractivity (Wildman–Crippen MR) is 557 cm³/mol. The molecular weight excluding hydrogens is 1600 g/mol. The molecule has 7 aromatic rings. The molecular formula is C120H188O10+2. The smallest absolute Gasteiger partial charge is 0.361 e. The van der Waals surface area contributed by atoms with E-state index in [1.165, 1.54) is 308 Å². The Morgan fingerprint density at radius 3 is 0.415 bits per heavy atom. The first-order valence-corrected chi connectivity index (χ1v) is 55.0. The Morgan fingerprint density at radius 2 is 0.262 bits per heavy atom. The zero-order valence-corrected chi connectivity index (χ0v) is 84.5. The van der Waals surface area contributed by atoms with E-state index in [1.54, 1.807) is 0 Å². The summed E-state index contributed by atoms with van der Waals surface area (Å²) in [4.78, 5) is 0. The molecule has 0 fully saturated rings. The van der Waals surface area contributed by atoms with E-state index in [9.17, 15) is 0 Å². The quantitative estimate of drug-likeness (QED) is 0.0271. The van der Waals surface area contributed by atoms with Crippen molar-refractivity contribution >= 4 is 0 Å². The number of rotatable bonds is 86. The molecule has 0 aliphatic rings. The Hall–Kier alpha value is -7.20. The molecule has 0 saturated carbocycles. The van der Waals surface area contributed by atoms with E-state index >= 15 is 0 Å². The summed E-state index contributed by atoms with van der Waals surface area (Å²) in [6.07, 6.45) is 79.3. The first-order chi connectivity index (χ1) is 64.3. The number of hydrogen-bond donors (Lipinski definition) is 0. The van der Waals surface area contributed by atoms with Gasteiger partial charge in [0, 0.05) is 35.4 Å². The van der Waals surface area contributed by atoms with E-state index in [0.717, 1.165) is 216 Å². The second-order valence-electron chi connectivity index (χ2n) is 38.0. The van der Waals surface area contributed by atoms with E-state index < -0.39 is 0 Å². The first-order valence-electron chi connectivity index (χ1n) is 55.0. The van der Waals surface area contributed by atoms with Crippen molar-refractivity contribution in [3.63, 3.8) is 0 Å². The van der Waals surface area contributed by atoms with Crippen LogP contribution in [0.15, 0.2) is 130 Å². The van der Waals surface area contributed by atoms with Crippen molar-refractivity contribution in [2.24, 2.45) is 0 Å². The average molecular weight is 1790 g/mol. The molecule has 0 saturated heterocycles. The highest BCUT2D eigenvalue weighted by molar-refractivity contribution is 5.80. The lowest BCUT2D eigenvalue weighted by molar-refractivity contribution is 0.258. The molecule has 0 N–H and O–H groups in total. The van der Waals surface area contributed by atoms with E-state index in [2.05, 4.69) is 177 Å². The van der Waals surface area contributed by atoms with Gasteiger partial charge in [-0.3, -0.25) is 0 Å². The first kappa shape index (κ1) is 110. The molecule has 2 heterocycles. The monoisotopic (exact) mass is 1790 g/mol. The minimum Gasteiger partial charge on any atom is -0.490 e. The van der Waals surface area contributed by atoms with Crippen molar-refractivity contribution in [1.82, 2.24) is 0 Å². The van der Waals surface area contributed by atoms with Gasteiger partial charge in [0.2, 0.25) is 0 Å². The molecule has 0 bridgehead atoms. The highest BCUT2D eigenvalue weighted by Crippen LogP contribution is 2.44. The van der Waals surface area contributed by atoms with Gasteiger partial charge in [0.1, 0.15) is 0 Å². The molecule has 10 nitrogen and oxygen atoms in total. The third-order valence-electron chi connectivity index (χ3n) is 26.1. The predicted octanol–water partition coefficient (Wildman–Crippen LogP) is 39.6. The van der Waals surface area contributed by atoms with E-state index in [0.29, 0.717) is 52.9 Å². The Balaban J connectivity index is 1.33. The van der Waals surface area contributed by atoms with Gasteiger partial charge in [-0.2, -0.15) is 0 Å². The van der Waals surface area contributed by atoms with Crippen LogP contribution in [0.25, 0.3) is 67.5 Å². The van der Waals surface area contributed by atoms with Gasteiger partial charge in [0.25, 0.3) is 0 Å². The maximum Gasteiger partial charge on any atom is 0.361 e. The summed E-state index contributed by atoms with van der Waals surface area (Å²) in [7, 11) is 0. The van der Waals surface area contributed by atoms with Gasteiger partial charge < -0.3 is 37.9 Å². The Bertz CT molecular complexity index is 3430. The van der Waals surface area contributed by atoms with E-state index in [-0.39, 0.29) is 0 Å². The summed E-state index contributed by atoms with van der Waals surface area (Å²) < 4.78 is 69.0. The van der Waals surface area contributed by atoms with Crippen LogP contribution in [0.1, 0.15) is 466 Å². The molecule has 10 heteroatoms. The topological polar surface area (TPSA) is 96.4 Å². The summed E-state index contributed by atoms with van der Waals surface area (Å²) >= 11 is 0. The normalized spacial score (nSPS) is 11.4. The number of unbranched alkanes of at least 4 members (excludes halogenated alkanes) is 56. The van der Waals surface area contributed by atoms with Gasteiger partial charge in [0.15, 0.2) is 46.0 Å². The molecule has 0 atom stereocenters. The van der Waals surface area contributed by atoms with Crippen molar-refractivity contribution in [1.29, 1.82) is 0 Å². The second kappa shape index (κ2) is 74.2. The second-order valence-corrected chi connectivity index (χ2v) is 38.0. The Labute approximate surface area is 795 Å². The third kappa shape index (κ3) is 47.6. The summed E-state index contributed by atoms with van der Waals surface area (Å²) in [5.74, 6) is 9.12. The third-order valence-corrected chi connectivity index (χ3v) is 26.1. The van der Waals surface area contributed by atoms with Crippen molar-refractivity contribution in [2.75, 3.05) is 52.9 Å². The van der Waals surface area contributed by atoms with Crippen LogP contribution in [0.4, 0.5) is 0 Å². The summed E-state index contributed by atoms with van der Waals surface area (Å²) in [5.41, 5.74) is 7.83. The van der Waals surface area contributed by atoms with Gasteiger partial charge in [-0.25, -0.2) is 8.83 Å². The molecule has 0 radical (unpaired) electrons. The molecule has 726 valence electrons. The average Bonchev–Trinajstić information content (AvgIpc) is 0.786. The van der Waals surface area contributed by atoms with Crippen LogP contribution in [-0.2, 0) is 0 Å². The molecule has 0 spiro atoms. The van der Waals surface area contributed by atoms with Crippen molar-refractivity contribution in [2.45, 2.75) is 466 Å². The summed E-state index contributed by atoms with van der Waals surface area (Å²) in [6.45, 7) is 23.5. The van der Waals surface area contributed by atoms with E-state index in [4.69, 9.17) is 46.7 Å². The Kier molecular flexibility index (Phi) is 62.7. The summed E-state index contributed by atoms with van der Waals surface area (Å²) in [5, 5.41) is 0. The van der Waals surface area contributed by atoms with Crippen molar-refractivity contribution in [3.8, 4) is 114 Å². The summed E-state index contributed by atoms with van der Waals surface area (Å²) in [6, 6.07) is 43.7.